The molecule has 7 nitrogen and oxygen atoms in total. The van der Waals surface area contributed by atoms with Crippen LogP contribution in [0.5, 0.6) is 0 Å². The number of fused-ring (bicyclic) bond motifs is 2. The normalized spacial score (nSPS) is 32.5. The maximum absolute atomic E-state index is 12.7. The number of imide groups is 1. The SMILES string of the molecule is NC[C@@]12C[C@@H]1CN(Cc1ccc3c(c1)CN(C1CCC(=O)NC1=O)C3=O)C2. The van der Waals surface area contributed by atoms with Gasteiger partial charge in [-0.05, 0) is 47.9 Å². The minimum absolute atomic E-state index is 0.115. The summed E-state index contributed by atoms with van der Waals surface area (Å²) in [5.41, 5.74) is 9.13. The van der Waals surface area contributed by atoms with E-state index in [0.29, 0.717) is 23.9 Å². The highest BCUT2D eigenvalue weighted by Crippen LogP contribution is 2.57. The van der Waals surface area contributed by atoms with Crippen molar-refractivity contribution in [2.24, 2.45) is 17.1 Å². The van der Waals surface area contributed by atoms with Crippen LogP contribution in [0.1, 0.15) is 40.7 Å². The predicted molar refractivity (Wildman–Crippen MR) is 97.4 cm³/mol. The third-order valence-electron chi connectivity index (χ3n) is 6.78. The fourth-order valence-corrected chi connectivity index (χ4v) is 5.12. The molecule has 0 radical (unpaired) electrons. The summed E-state index contributed by atoms with van der Waals surface area (Å²) < 4.78 is 0. The molecule has 1 saturated carbocycles. The minimum Gasteiger partial charge on any atom is -0.330 e. The van der Waals surface area contributed by atoms with Gasteiger partial charge in [0, 0.05) is 38.2 Å². The van der Waals surface area contributed by atoms with Crippen LogP contribution in [0.15, 0.2) is 18.2 Å². The average Bonchev–Trinajstić information content (AvgIpc) is 3.05. The van der Waals surface area contributed by atoms with Crippen LogP contribution in [0.2, 0.25) is 0 Å². The standard InChI is InChI=1S/C20H24N4O3/c21-10-20-6-14(20)9-23(11-20)7-12-1-2-15-13(5-12)8-24(19(15)27)16-3-4-17(25)22-18(16)26/h1-2,5,14,16H,3-4,6-11,21H2,(H,22,25,26)/t14-,16?,20-/m1/s1. The van der Waals surface area contributed by atoms with Gasteiger partial charge < -0.3 is 10.6 Å². The van der Waals surface area contributed by atoms with Crippen LogP contribution in [0.25, 0.3) is 0 Å². The van der Waals surface area contributed by atoms with Crippen LogP contribution in [0.4, 0.5) is 0 Å². The predicted octanol–water partition coefficient (Wildman–Crippen LogP) is 0.228. The number of piperidine rings is 2. The second-order valence-electron chi connectivity index (χ2n) is 8.53. The highest BCUT2D eigenvalue weighted by Gasteiger charge is 2.58. The lowest BCUT2D eigenvalue weighted by atomic mass is 10.0. The summed E-state index contributed by atoms with van der Waals surface area (Å²) in [5, 5.41) is 2.34. The molecule has 4 aliphatic rings. The maximum atomic E-state index is 12.7. The van der Waals surface area contributed by atoms with Crippen molar-refractivity contribution >= 4 is 17.7 Å². The molecule has 3 atom stereocenters. The molecule has 142 valence electrons. The first kappa shape index (κ1) is 16.9. The molecule has 1 aromatic rings. The molecule has 2 saturated heterocycles. The number of amides is 3. The van der Waals surface area contributed by atoms with E-state index in [9.17, 15) is 14.4 Å². The summed E-state index contributed by atoms with van der Waals surface area (Å²) in [6, 6.07) is 5.44. The van der Waals surface area contributed by atoms with Gasteiger partial charge in [0.25, 0.3) is 5.91 Å². The van der Waals surface area contributed by atoms with E-state index in [4.69, 9.17) is 5.73 Å². The van der Waals surface area contributed by atoms with Crippen LogP contribution in [-0.2, 0) is 22.7 Å². The topological polar surface area (TPSA) is 95.7 Å². The van der Waals surface area contributed by atoms with Gasteiger partial charge in [-0.2, -0.15) is 0 Å². The summed E-state index contributed by atoms with van der Waals surface area (Å²) in [6.45, 7) is 4.25. The second kappa shape index (κ2) is 5.87. The monoisotopic (exact) mass is 368 g/mol. The molecule has 3 N–H and O–H groups in total. The maximum Gasteiger partial charge on any atom is 0.255 e. The fraction of sp³-hybridized carbons (Fsp3) is 0.550. The number of nitrogens with zero attached hydrogens (tertiary/aromatic N) is 2. The molecule has 3 fully saturated rings. The Balaban J connectivity index is 1.29. The molecule has 0 spiro atoms. The van der Waals surface area contributed by atoms with Crippen molar-refractivity contribution in [1.82, 2.24) is 15.1 Å². The Labute approximate surface area is 157 Å². The summed E-state index contributed by atoms with van der Waals surface area (Å²) in [5.74, 6) is 0.00897. The highest BCUT2D eigenvalue weighted by atomic mass is 16.2. The van der Waals surface area contributed by atoms with Gasteiger partial charge in [0.05, 0.1) is 0 Å². The largest absolute Gasteiger partial charge is 0.330 e. The van der Waals surface area contributed by atoms with Gasteiger partial charge in [-0.25, -0.2) is 0 Å². The molecule has 1 aliphatic carbocycles. The number of hydrogen-bond donors (Lipinski definition) is 2. The van der Waals surface area contributed by atoms with Crippen LogP contribution in [-0.4, -0.2) is 53.2 Å². The number of likely N-dealkylation sites (tertiary alicyclic amines) is 1. The minimum atomic E-state index is -0.554. The average molecular weight is 368 g/mol. The Hall–Kier alpha value is -2.25. The van der Waals surface area contributed by atoms with E-state index >= 15 is 0 Å². The van der Waals surface area contributed by atoms with Crippen LogP contribution in [0, 0.1) is 11.3 Å². The molecule has 1 unspecified atom stereocenters. The van der Waals surface area contributed by atoms with Crippen molar-refractivity contribution in [3.63, 3.8) is 0 Å². The lowest BCUT2D eigenvalue weighted by Crippen LogP contribution is -2.52. The zero-order chi connectivity index (χ0) is 18.8. The third-order valence-corrected chi connectivity index (χ3v) is 6.78. The third kappa shape index (κ3) is 2.68. The lowest BCUT2D eigenvalue weighted by molar-refractivity contribution is -0.136. The highest BCUT2D eigenvalue weighted by molar-refractivity contribution is 6.05. The Morgan fingerprint density at radius 1 is 1.26 bits per heavy atom. The molecule has 0 bridgehead atoms. The van der Waals surface area contributed by atoms with Crippen molar-refractivity contribution in [2.45, 2.75) is 38.4 Å². The van der Waals surface area contributed by atoms with Gasteiger partial charge in [-0.3, -0.25) is 24.6 Å². The first-order valence-electron chi connectivity index (χ1n) is 9.68. The summed E-state index contributed by atoms with van der Waals surface area (Å²) >= 11 is 0. The number of nitrogens with two attached hydrogens (primary N) is 1. The van der Waals surface area contributed by atoms with Crippen LogP contribution >= 0.6 is 0 Å². The Morgan fingerprint density at radius 2 is 2.11 bits per heavy atom. The quantitative estimate of drug-likeness (QED) is 0.742. The van der Waals surface area contributed by atoms with Gasteiger partial charge >= 0.3 is 0 Å². The summed E-state index contributed by atoms with van der Waals surface area (Å²) in [6.07, 6.45) is 1.94. The van der Waals surface area contributed by atoms with Crippen molar-refractivity contribution in [2.75, 3.05) is 19.6 Å². The van der Waals surface area contributed by atoms with Crippen molar-refractivity contribution in [3.8, 4) is 0 Å². The number of benzene rings is 1. The van der Waals surface area contributed by atoms with Crippen molar-refractivity contribution in [3.05, 3.63) is 34.9 Å². The molecule has 7 heteroatoms. The molecular weight excluding hydrogens is 344 g/mol. The van der Waals surface area contributed by atoms with E-state index in [1.54, 1.807) is 4.90 Å². The van der Waals surface area contributed by atoms with E-state index in [0.717, 1.165) is 37.7 Å². The van der Waals surface area contributed by atoms with E-state index in [-0.39, 0.29) is 24.1 Å². The number of carbonyl (C=O) groups excluding carboxylic acids is 3. The Kier molecular flexibility index (Phi) is 3.67. The molecule has 3 heterocycles. The van der Waals surface area contributed by atoms with Gasteiger partial charge in [0.2, 0.25) is 11.8 Å². The molecule has 3 aliphatic heterocycles. The van der Waals surface area contributed by atoms with Gasteiger partial charge in [-0.1, -0.05) is 12.1 Å². The first-order valence-corrected chi connectivity index (χ1v) is 9.68. The van der Waals surface area contributed by atoms with Crippen LogP contribution in [0.3, 0.4) is 0 Å². The molecule has 1 aromatic carbocycles. The molecule has 3 amide bonds. The van der Waals surface area contributed by atoms with Crippen molar-refractivity contribution in [1.29, 1.82) is 0 Å². The van der Waals surface area contributed by atoms with Crippen molar-refractivity contribution < 1.29 is 14.4 Å². The van der Waals surface area contributed by atoms with E-state index < -0.39 is 6.04 Å². The zero-order valence-electron chi connectivity index (χ0n) is 15.2. The fourth-order valence-electron chi connectivity index (χ4n) is 5.12. The van der Waals surface area contributed by atoms with E-state index in [2.05, 4.69) is 16.3 Å². The lowest BCUT2D eigenvalue weighted by Gasteiger charge is -2.29. The molecular formula is C20H24N4O3. The van der Waals surface area contributed by atoms with E-state index in [1.807, 2.05) is 12.1 Å². The number of hydrogen-bond acceptors (Lipinski definition) is 5. The van der Waals surface area contributed by atoms with Crippen LogP contribution < -0.4 is 11.1 Å². The second-order valence-corrected chi connectivity index (χ2v) is 8.53. The smallest absolute Gasteiger partial charge is 0.255 e. The first-order chi connectivity index (χ1) is 13.0. The van der Waals surface area contributed by atoms with Gasteiger partial charge in [-0.15, -0.1) is 0 Å². The number of rotatable bonds is 4. The van der Waals surface area contributed by atoms with Gasteiger partial charge in [0.1, 0.15) is 6.04 Å². The Morgan fingerprint density at radius 3 is 2.85 bits per heavy atom. The van der Waals surface area contributed by atoms with Gasteiger partial charge in [0.15, 0.2) is 0 Å². The summed E-state index contributed by atoms with van der Waals surface area (Å²) in [4.78, 5) is 40.3. The Bertz CT molecular complexity index is 850. The molecule has 0 aromatic heterocycles. The van der Waals surface area contributed by atoms with E-state index in [1.165, 1.54) is 12.0 Å². The zero-order valence-corrected chi connectivity index (χ0v) is 15.2. The number of carbonyl (C=O) groups is 3. The molecule has 5 rings (SSSR count). The summed E-state index contributed by atoms with van der Waals surface area (Å²) in [7, 11) is 0. The number of nitrogens with one attached hydrogen (secondary N) is 1. The molecule has 27 heavy (non-hydrogen) atoms.